The molecule has 1 aromatic rings. The number of esters is 1. The largest absolute Gasteiger partial charge is 0.430 e. The molecule has 1 amide bonds. The van der Waals surface area contributed by atoms with Crippen LogP contribution in [-0.4, -0.2) is 35.6 Å². The first-order chi connectivity index (χ1) is 15.2. The Hall–Kier alpha value is -3.38. The van der Waals surface area contributed by atoms with Crippen molar-refractivity contribution in [2.45, 2.75) is 59.8 Å². The average molecular weight is 433 g/mol. The minimum Gasteiger partial charge on any atom is -0.430 e. The molecule has 0 bridgehead atoms. The molecule has 6 nitrogen and oxygen atoms in total. The molecule has 1 spiro atoms. The van der Waals surface area contributed by atoms with Gasteiger partial charge in [0.1, 0.15) is 12.2 Å². The second-order valence-corrected chi connectivity index (χ2v) is 8.74. The molecule has 0 radical (unpaired) electrons. The highest BCUT2D eigenvalue weighted by Crippen LogP contribution is 2.48. The van der Waals surface area contributed by atoms with E-state index in [0.29, 0.717) is 50.1 Å². The Labute approximate surface area is 189 Å². The van der Waals surface area contributed by atoms with Crippen LogP contribution in [0.15, 0.2) is 17.9 Å². The first-order valence-corrected chi connectivity index (χ1v) is 10.8. The number of nitrogens with zero attached hydrogens (tertiary/aromatic N) is 2. The normalized spacial score (nSPS) is 17.5. The monoisotopic (exact) mass is 432 g/mol. The Kier molecular flexibility index (Phi) is 6.84. The number of likely N-dealkylation sites (tertiary alicyclic amines) is 1. The Bertz CT molecular complexity index is 1080. The van der Waals surface area contributed by atoms with Crippen LogP contribution >= 0.6 is 0 Å². The van der Waals surface area contributed by atoms with Gasteiger partial charge < -0.3 is 9.64 Å². The molecule has 1 heterocycles. The summed E-state index contributed by atoms with van der Waals surface area (Å²) in [5.74, 6) is 5.71. The number of hydrogen-bond donors (Lipinski definition) is 0. The van der Waals surface area contributed by atoms with Gasteiger partial charge in [0.15, 0.2) is 5.78 Å². The fraction of sp³-hybridized carbons (Fsp3) is 0.462. The molecule has 1 aliphatic heterocycles. The first kappa shape index (κ1) is 23.3. The number of ether oxygens (including phenoxy) is 1. The summed E-state index contributed by atoms with van der Waals surface area (Å²) >= 11 is 0. The summed E-state index contributed by atoms with van der Waals surface area (Å²) in [5, 5.41) is 8.79. The fourth-order valence-electron chi connectivity index (χ4n) is 4.95. The zero-order valence-corrected chi connectivity index (χ0v) is 19.1. The molecule has 0 unspecified atom stereocenters. The van der Waals surface area contributed by atoms with Crippen molar-refractivity contribution in [2.75, 3.05) is 13.1 Å². The van der Waals surface area contributed by atoms with Crippen LogP contribution in [-0.2, 0) is 19.1 Å². The van der Waals surface area contributed by atoms with Gasteiger partial charge in [0.25, 0.3) is 0 Å². The van der Waals surface area contributed by atoms with Gasteiger partial charge in [0.05, 0.1) is 11.6 Å². The molecule has 1 saturated heterocycles. The van der Waals surface area contributed by atoms with E-state index in [-0.39, 0.29) is 23.5 Å². The van der Waals surface area contributed by atoms with Crippen molar-refractivity contribution in [1.29, 1.82) is 5.26 Å². The molecule has 166 valence electrons. The van der Waals surface area contributed by atoms with Gasteiger partial charge in [-0.2, -0.15) is 5.26 Å². The highest BCUT2D eigenvalue weighted by Gasteiger charge is 2.44. The Morgan fingerprint density at radius 1 is 1.16 bits per heavy atom. The summed E-state index contributed by atoms with van der Waals surface area (Å²) in [6.45, 7) is 8.01. The molecule has 1 aliphatic carbocycles. The van der Waals surface area contributed by atoms with E-state index in [1.807, 2.05) is 32.0 Å². The van der Waals surface area contributed by atoms with E-state index in [1.54, 1.807) is 11.8 Å². The van der Waals surface area contributed by atoms with Crippen LogP contribution in [0.4, 0.5) is 0 Å². The van der Waals surface area contributed by atoms with Gasteiger partial charge in [-0.15, -0.1) is 5.92 Å². The maximum absolute atomic E-state index is 13.5. The molecular formula is C26H28N2O4. The number of piperidine rings is 1. The summed E-state index contributed by atoms with van der Waals surface area (Å²) in [4.78, 5) is 39.2. The predicted molar refractivity (Wildman–Crippen MR) is 120 cm³/mol. The second-order valence-electron chi connectivity index (χ2n) is 8.74. The van der Waals surface area contributed by atoms with Crippen molar-refractivity contribution in [2.24, 2.45) is 5.41 Å². The van der Waals surface area contributed by atoms with Crippen molar-refractivity contribution < 1.29 is 19.1 Å². The third kappa shape index (κ3) is 4.75. The zero-order chi connectivity index (χ0) is 23.5. The van der Waals surface area contributed by atoms with Crippen molar-refractivity contribution in [1.82, 2.24) is 4.90 Å². The van der Waals surface area contributed by atoms with Gasteiger partial charge in [0.2, 0.25) is 5.91 Å². The van der Waals surface area contributed by atoms with Gasteiger partial charge in [-0.3, -0.25) is 14.4 Å². The molecule has 0 aromatic heterocycles. The van der Waals surface area contributed by atoms with Crippen LogP contribution in [0.2, 0.25) is 0 Å². The number of nitriles is 1. The zero-order valence-electron chi connectivity index (χ0n) is 19.1. The number of hydrogen-bond acceptors (Lipinski definition) is 5. The van der Waals surface area contributed by atoms with Crippen molar-refractivity contribution in [3.63, 3.8) is 0 Å². The Morgan fingerprint density at radius 3 is 2.31 bits per heavy atom. The van der Waals surface area contributed by atoms with E-state index < -0.39 is 5.97 Å². The average Bonchev–Trinajstić information content (AvgIpc) is 2.70. The van der Waals surface area contributed by atoms with Crippen LogP contribution in [0, 0.1) is 42.4 Å². The van der Waals surface area contributed by atoms with Gasteiger partial charge in [-0.1, -0.05) is 5.92 Å². The van der Waals surface area contributed by atoms with E-state index >= 15 is 0 Å². The van der Waals surface area contributed by atoms with Crippen LogP contribution < -0.4 is 0 Å². The van der Waals surface area contributed by atoms with Crippen LogP contribution in [0.5, 0.6) is 0 Å². The highest BCUT2D eigenvalue weighted by molar-refractivity contribution is 6.23. The molecule has 3 rings (SSSR count). The molecule has 1 aromatic carbocycles. The number of ketones is 1. The second kappa shape index (κ2) is 9.40. The minimum absolute atomic E-state index is 0.0372. The third-order valence-corrected chi connectivity index (χ3v) is 6.35. The molecule has 1 fully saturated rings. The third-order valence-electron chi connectivity index (χ3n) is 6.35. The standard InChI is InChI=1S/C26H28N2O4/c1-5-6-20-13-17(2)24(18(3)14-20)25-21(30)15-26(16-22(25)32-19(4)29)8-11-28(12-9-26)23(31)7-10-27/h13-14H,7-9,11-12,15-16H2,1-4H3. The molecule has 32 heavy (non-hydrogen) atoms. The Balaban J connectivity index is 1.99. The highest BCUT2D eigenvalue weighted by atomic mass is 16.5. The lowest BCUT2D eigenvalue weighted by molar-refractivity contribution is -0.138. The van der Waals surface area contributed by atoms with E-state index in [4.69, 9.17) is 10.00 Å². The lowest BCUT2D eigenvalue weighted by Gasteiger charge is -2.44. The topological polar surface area (TPSA) is 87.5 Å². The molecule has 0 atom stereocenters. The number of carbonyl (C=O) groups is 3. The van der Waals surface area contributed by atoms with Gasteiger partial charge >= 0.3 is 5.97 Å². The van der Waals surface area contributed by atoms with Crippen molar-refractivity contribution in [3.05, 3.63) is 40.1 Å². The lowest BCUT2D eigenvalue weighted by Crippen LogP contribution is -2.45. The van der Waals surface area contributed by atoms with Crippen LogP contribution in [0.25, 0.3) is 5.57 Å². The van der Waals surface area contributed by atoms with Crippen molar-refractivity contribution in [3.8, 4) is 17.9 Å². The lowest BCUT2D eigenvalue weighted by atomic mass is 9.66. The molecule has 0 saturated carbocycles. The number of allylic oxidation sites excluding steroid dienone is 2. The number of carbonyl (C=O) groups excluding carboxylic acids is 3. The SMILES string of the molecule is CC#Cc1cc(C)c(C2=C(OC(C)=O)CC3(CCN(C(=O)CC#N)CC3)CC2=O)c(C)c1. The van der Waals surface area contributed by atoms with E-state index in [1.165, 1.54) is 6.92 Å². The summed E-state index contributed by atoms with van der Waals surface area (Å²) in [5.41, 5.74) is 3.68. The number of amides is 1. The minimum atomic E-state index is -0.451. The van der Waals surface area contributed by atoms with Gasteiger partial charge in [-0.05, 0) is 67.9 Å². The molecule has 2 aliphatic rings. The summed E-state index contributed by atoms with van der Waals surface area (Å²) in [7, 11) is 0. The first-order valence-electron chi connectivity index (χ1n) is 10.8. The number of rotatable bonds is 3. The smallest absolute Gasteiger partial charge is 0.307 e. The van der Waals surface area contributed by atoms with Gasteiger partial charge in [0, 0.05) is 38.4 Å². The molecular weight excluding hydrogens is 404 g/mol. The number of Topliss-reactive ketones (excluding diaryl/α,β-unsaturated/α-hetero) is 1. The molecule has 0 N–H and O–H groups in total. The number of aryl methyl sites for hydroxylation is 2. The maximum atomic E-state index is 13.5. The van der Waals surface area contributed by atoms with Gasteiger partial charge in [-0.25, -0.2) is 0 Å². The van der Waals surface area contributed by atoms with E-state index in [9.17, 15) is 14.4 Å². The van der Waals surface area contributed by atoms with E-state index in [0.717, 1.165) is 22.3 Å². The fourth-order valence-corrected chi connectivity index (χ4v) is 4.95. The van der Waals surface area contributed by atoms with Crippen molar-refractivity contribution >= 4 is 23.2 Å². The number of benzene rings is 1. The maximum Gasteiger partial charge on any atom is 0.307 e. The quantitative estimate of drug-likeness (QED) is 0.535. The molecule has 6 heteroatoms. The Morgan fingerprint density at radius 2 is 1.78 bits per heavy atom. The predicted octanol–water partition coefficient (Wildman–Crippen LogP) is 3.83. The van der Waals surface area contributed by atoms with E-state index in [2.05, 4.69) is 11.8 Å². The summed E-state index contributed by atoms with van der Waals surface area (Å²) in [6.07, 6.45) is 1.96. The summed E-state index contributed by atoms with van der Waals surface area (Å²) < 4.78 is 5.63. The van der Waals surface area contributed by atoms with Crippen LogP contribution in [0.3, 0.4) is 0 Å². The van der Waals surface area contributed by atoms with Crippen LogP contribution in [0.1, 0.15) is 68.2 Å². The summed E-state index contributed by atoms with van der Waals surface area (Å²) in [6, 6.07) is 5.80.